The summed E-state index contributed by atoms with van der Waals surface area (Å²) in [4.78, 5) is 16.0. The zero-order chi connectivity index (χ0) is 13.0. The number of hydrogen-bond donors (Lipinski definition) is 2. The van der Waals surface area contributed by atoms with Crippen molar-refractivity contribution in [1.29, 1.82) is 0 Å². The van der Waals surface area contributed by atoms with Gasteiger partial charge < -0.3 is 15.2 Å². The van der Waals surface area contributed by atoms with Crippen molar-refractivity contribution in [2.75, 3.05) is 17.2 Å². The average molecular weight is 267 g/mol. The van der Waals surface area contributed by atoms with E-state index in [-0.39, 0.29) is 10.9 Å². The Labute approximate surface area is 108 Å². The van der Waals surface area contributed by atoms with Gasteiger partial charge in [0.15, 0.2) is 0 Å². The maximum absolute atomic E-state index is 12.0. The van der Waals surface area contributed by atoms with Gasteiger partial charge in [0.25, 0.3) is 5.91 Å². The molecule has 0 aliphatic heterocycles. The van der Waals surface area contributed by atoms with Crippen molar-refractivity contribution in [2.45, 2.75) is 6.92 Å². The molecule has 7 heteroatoms. The minimum atomic E-state index is -0.343. The highest BCUT2D eigenvalue weighted by Crippen LogP contribution is 2.19. The monoisotopic (exact) mass is 266 g/mol. The van der Waals surface area contributed by atoms with Gasteiger partial charge in [-0.05, 0) is 13.0 Å². The van der Waals surface area contributed by atoms with Crippen LogP contribution in [0.1, 0.15) is 17.3 Å². The van der Waals surface area contributed by atoms with Gasteiger partial charge in [0.2, 0.25) is 0 Å². The molecule has 2 aromatic rings. The first-order valence-corrected chi connectivity index (χ1v) is 5.68. The highest BCUT2D eigenvalue weighted by molar-refractivity contribution is 6.34. The van der Waals surface area contributed by atoms with E-state index < -0.39 is 0 Å². The predicted molar refractivity (Wildman–Crippen MR) is 67.9 cm³/mol. The number of carbonyl (C=O) groups is 1. The van der Waals surface area contributed by atoms with Crippen molar-refractivity contribution < 1.29 is 9.32 Å². The van der Waals surface area contributed by atoms with E-state index >= 15 is 0 Å². The van der Waals surface area contributed by atoms with Crippen LogP contribution in [0.25, 0.3) is 0 Å². The maximum atomic E-state index is 12.0. The van der Waals surface area contributed by atoms with Gasteiger partial charge in [0.1, 0.15) is 17.8 Å². The van der Waals surface area contributed by atoms with Crippen LogP contribution in [0.2, 0.25) is 5.02 Å². The lowest BCUT2D eigenvalue weighted by atomic mass is 10.2. The van der Waals surface area contributed by atoms with Gasteiger partial charge in [0, 0.05) is 12.7 Å². The molecule has 0 fully saturated rings. The van der Waals surface area contributed by atoms with Crippen LogP contribution in [0.15, 0.2) is 29.2 Å². The summed E-state index contributed by atoms with van der Waals surface area (Å²) in [6.07, 6.45) is 4.17. The Kier molecular flexibility index (Phi) is 3.78. The first-order chi connectivity index (χ1) is 8.70. The molecule has 0 unspecified atom stereocenters. The summed E-state index contributed by atoms with van der Waals surface area (Å²) in [5.41, 5.74) is 0.807. The first-order valence-electron chi connectivity index (χ1n) is 5.31. The minimum absolute atomic E-state index is 0.283. The van der Waals surface area contributed by atoms with E-state index in [2.05, 4.69) is 25.3 Å². The Morgan fingerprint density at radius 3 is 3.00 bits per heavy atom. The third kappa shape index (κ3) is 2.78. The molecule has 0 aromatic carbocycles. The molecule has 18 heavy (non-hydrogen) atoms. The summed E-state index contributed by atoms with van der Waals surface area (Å²) in [7, 11) is 0. The lowest BCUT2D eigenvalue weighted by Gasteiger charge is -2.07. The standard InChI is InChI=1S/C11H11ClN4O2/c1-2-13-10-3-8(9(12)5-14-10)11(17)16-7-4-15-18-6-7/h3-6H,2H2,1H3,(H,13,14)(H,16,17). The molecule has 0 aliphatic rings. The van der Waals surface area contributed by atoms with Crippen molar-refractivity contribution in [3.63, 3.8) is 0 Å². The number of nitrogens with one attached hydrogen (secondary N) is 2. The molecule has 1 amide bonds. The SMILES string of the molecule is CCNc1cc(C(=O)Nc2cnoc2)c(Cl)cn1. The predicted octanol–water partition coefficient (Wildman–Crippen LogP) is 2.41. The van der Waals surface area contributed by atoms with Crippen LogP contribution in [0, 0.1) is 0 Å². The average Bonchev–Trinajstić information content (AvgIpc) is 2.84. The number of halogens is 1. The number of carbonyl (C=O) groups excluding carboxylic acids is 1. The Morgan fingerprint density at radius 1 is 1.50 bits per heavy atom. The van der Waals surface area contributed by atoms with E-state index in [0.717, 1.165) is 0 Å². The second-order valence-electron chi connectivity index (χ2n) is 3.45. The van der Waals surface area contributed by atoms with Gasteiger partial charge in [-0.15, -0.1) is 0 Å². The van der Waals surface area contributed by atoms with E-state index in [1.807, 2.05) is 6.92 Å². The molecule has 0 bridgehead atoms. The fraction of sp³-hybridized carbons (Fsp3) is 0.182. The van der Waals surface area contributed by atoms with Crippen LogP contribution in [0.3, 0.4) is 0 Å². The van der Waals surface area contributed by atoms with Crippen LogP contribution < -0.4 is 10.6 Å². The minimum Gasteiger partial charge on any atom is -0.370 e. The van der Waals surface area contributed by atoms with Crippen molar-refractivity contribution >= 4 is 29.0 Å². The van der Waals surface area contributed by atoms with Gasteiger partial charge in [-0.3, -0.25) is 4.79 Å². The van der Waals surface area contributed by atoms with Crippen LogP contribution >= 0.6 is 11.6 Å². The molecular formula is C11H11ClN4O2. The van der Waals surface area contributed by atoms with E-state index in [1.165, 1.54) is 18.7 Å². The second-order valence-corrected chi connectivity index (χ2v) is 3.85. The van der Waals surface area contributed by atoms with E-state index in [9.17, 15) is 4.79 Å². The molecule has 2 N–H and O–H groups in total. The summed E-state index contributed by atoms with van der Waals surface area (Å²) < 4.78 is 4.62. The topological polar surface area (TPSA) is 80.0 Å². The molecule has 0 saturated carbocycles. The first kappa shape index (κ1) is 12.4. The Hall–Kier alpha value is -2.08. The zero-order valence-corrected chi connectivity index (χ0v) is 10.4. The lowest BCUT2D eigenvalue weighted by Crippen LogP contribution is -2.13. The largest absolute Gasteiger partial charge is 0.370 e. The summed E-state index contributed by atoms with van der Waals surface area (Å²) in [6.45, 7) is 2.65. The van der Waals surface area contributed by atoms with E-state index in [4.69, 9.17) is 11.6 Å². The van der Waals surface area contributed by atoms with Crippen molar-refractivity contribution in [3.8, 4) is 0 Å². The fourth-order valence-corrected chi connectivity index (χ4v) is 1.54. The molecule has 0 atom stereocenters. The quantitative estimate of drug-likeness (QED) is 0.888. The molecule has 0 saturated heterocycles. The van der Waals surface area contributed by atoms with Crippen molar-refractivity contribution in [2.24, 2.45) is 0 Å². The summed E-state index contributed by atoms with van der Waals surface area (Å²) in [5.74, 6) is 0.252. The molecule has 0 aliphatic carbocycles. The molecule has 2 rings (SSSR count). The van der Waals surface area contributed by atoms with Gasteiger partial charge >= 0.3 is 0 Å². The summed E-state index contributed by atoms with van der Waals surface area (Å²) >= 11 is 5.94. The van der Waals surface area contributed by atoms with Crippen LogP contribution in [0.5, 0.6) is 0 Å². The van der Waals surface area contributed by atoms with Crippen molar-refractivity contribution in [1.82, 2.24) is 10.1 Å². The Morgan fingerprint density at radius 2 is 2.33 bits per heavy atom. The molecular weight excluding hydrogens is 256 g/mol. The molecule has 2 aromatic heterocycles. The Bertz CT molecular complexity index is 542. The molecule has 0 spiro atoms. The van der Waals surface area contributed by atoms with Gasteiger partial charge in [-0.1, -0.05) is 16.8 Å². The highest BCUT2D eigenvalue weighted by atomic mass is 35.5. The van der Waals surface area contributed by atoms with Crippen LogP contribution in [-0.4, -0.2) is 22.6 Å². The number of pyridine rings is 1. The highest BCUT2D eigenvalue weighted by Gasteiger charge is 2.13. The lowest BCUT2D eigenvalue weighted by molar-refractivity contribution is 0.102. The number of nitrogens with zero attached hydrogens (tertiary/aromatic N) is 2. The molecule has 2 heterocycles. The Balaban J connectivity index is 2.20. The van der Waals surface area contributed by atoms with Crippen LogP contribution in [-0.2, 0) is 0 Å². The third-order valence-corrected chi connectivity index (χ3v) is 2.45. The molecule has 6 nitrogen and oxygen atoms in total. The van der Waals surface area contributed by atoms with E-state index in [0.29, 0.717) is 23.6 Å². The third-order valence-electron chi connectivity index (χ3n) is 2.15. The second kappa shape index (κ2) is 5.50. The van der Waals surface area contributed by atoms with Gasteiger partial charge in [-0.25, -0.2) is 4.98 Å². The number of anilines is 2. The van der Waals surface area contributed by atoms with Gasteiger partial charge in [0.05, 0.1) is 16.8 Å². The summed E-state index contributed by atoms with van der Waals surface area (Å²) in [5, 5.41) is 9.40. The van der Waals surface area contributed by atoms with Gasteiger partial charge in [-0.2, -0.15) is 0 Å². The molecule has 94 valence electrons. The number of aromatic nitrogens is 2. The number of hydrogen-bond acceptors (Lipinski definition) is 5. The zero-order valence-electron chi connectivity index (χ0n) is 9.61. The fourth-order valence-electron chi connectivity index (χ4n) is 1.36. The maximum Gasteiger partial charge on any atom is 0.257 e. The van der Waals surface area contributed by atoms with Crippen LogP contribution in [0.4, 0.5) is 11.5 Å². The number of rotatable bonds is 4. The van der Waals surface area contributed by atoms with E-state index in [1.54, 1.807) is 6.07 Å². The number of amides is 1. The summed E-state index contributed by atoms with van der Waals surface area (Å²) in [6, 6.07) is 1.59. The molecule has 0 radical (unpaired) electrons. The normalized spacial score (nSPS) is 10.1. The smallest absolute Gasteiger partial charge is 0.257 e. The van der Waals surface area contributed by atoms with Crippen molar-refractivity contribution in [3.05, 3.63) is 35.3 Å².